The summed E-state index contributed by atoms with van der Waals surface area (Å²) in [6.45, 7) is 2.12. The number of nitrogens with zero attached hydrogens (tertiary/aromatic N) is 3. The molecular formula is C18H18N4OS. The number of carbonyl (C=O) groups is 1. The van der Waals surface area contributed by atoms with Gasteiger partial charge in [-0.05, 0) is 30.2 Å². The molecule has 0 aliphatic rings. The minimum Gasteiger partial charge on any atom is -0.366 e. The van der Waals surface area contributed by atoms with E-state index in [1.54, 1.807) is 24.2 Å². The highest BCUT2D eigenvalue weighted by molar-refractivity contribution is 7.98. The largest absolute Gasteiger partial charge is 0.366 e. The van der Waals surface area contributed by atoms with Gasteiger partial charge in [0.1, 0.15) is 6.33 Å². The van der Waals surface area contributed by atoms with Gasteiger partial charge in [-0.2, -0.15) is 0 Å². The number of primary amides is 1. The number of benzene rings is 2. The van der Waals surface area contributed by atoms with E-state index in [1.807, 2.05) is 36.4 Å². The second-order valence-corrected chi connectivity index (χ2v) is 6.40. The minimum absolute atomic E-state index is 0.153. The van der Waals surface area contributed by atoms with Crippen molar-refractivity contribution < 1.29 is 4.79 Å². The summed E-state index contributed by atoms with van der Waals surface area (Å²) >= 11 is 1.59. The van der Waals surface area contributed by atoms with Gasteiger partial charge in [0.05, 0.1) is 6.04 Å². The van der Waals surface area contributed by atoms with Crippen LogP contribution >= 0.6 is 11.8 Å². The molecule has 24 heavy (non-hydrogen) atoms. The lowest BCUT2D eigenvalue weighted by atomic mass is 10.1. The van der Waals surface area contributed by atoms with Crippen molar-refractivity contribution in [1.29, 1.82) is 0 Å². The molecule has 0 unspecified atom stereocenters. The number of nitrogens with two attached hydrogens (primary N) is 1. The molecule has 2 N–H and O–H groups in total. The van der Waals surface area contributed by atoms with E-state index in [2.05, 4.69) is 33.8 Å². The van der Waals surface area contributed by atoms with Crippen LogP contribution in [0.25, 0.3) is 0 Å². The van der Waals surface area contributed by atoms with Crippen molar-refractivity contribution in [2.75, 3.05) is 0 Å². The zero-order valence-corrected chi connectivity index (χ0v) is 14.1. The minimum atomic E-state index is -0.414. The van der Waals surface area contributed by atoms with Crippen LogP contribution in [0.2, 0.25) is 0 Å². The molecule has 6 heteroatoms. The van der Waals surface area contributed by atoms with Gasteiger partial charge >= 0.3 is 0 Å². The Bertz CT molecular complexity index is 832. The molecule has 0 saturated heterocycles. The predicted octanol–water partition coefficient (Wildman–Crippen LogP) is 3.28. The quantitative estimate of drug-likeness (QED) is 0.700. The normalized spacial score (nSPS) is 12.0. The fraction of sp³-hybridized carbons (Fsp3) is 0.167. The van der Waals surface area contributed by atoms with Crippen LogP contribution in [-0.2, 0) is 5.75 Å². The Morgan fingerprint density at radius 1 is 1.21 bits per heavy atom. The summed E-state index contributed by atoms with van der Waals surface area (Å²) in [4.78, 5) is 11.3. The first-order chi connectivity index (χ1) is 11.6. The van der Waals surface area contributed by atoms with E-state index < -0.39 is 5.91 Å². The Balaban J connectivity index is 1.74. The lowest BCUT2D eigenvalue weighted by molar-refractivity contribution is 0.1000. The molecule has 1 heterocycles. The zero-order valence-electron chi connectivity index (χ0n) is 13.3. The first kappa shape index (κ1) is 16.3. The van der Waals surface area contributed by atoms with E-state index >= 15 is 0 Å². The number of hydrogen-bond acceptors (Lipinski definition) is 4. The lowest BCUT2D eigenvalue weighted by Crippen LogP contribution is -2.10. The Morgan fingerprint density at radius 3 is 2.75 bits per heavy atom. The molecule has 122 valence electrons. The fourth-order valence-corrected chi connectivity index (χ4v) is 3.39. The van der Waals surface area contributed by atoms with Crippen molar-refractivity contribution >= 4 is 17.7 Å². The van der Waals surface area contributed by atoms with Crippen LogP contribution in [-0.4, -0.2) is 20.7 Å². The molecule has 3 aromatic rings. The number of hydrogen-bond donors (Lipinski definition) is 1. The maximum atomic E-state index is 11.3. The molecule has 0 spiro atoms. The van der Waals surface area contributed by atoms with E-state index in [9.17, 15) is 4.79 Å². The molecule has 0 radical (unpaired) electrons. The Morgan fingerprint density at radius 2 is 2.00 bits per heavy atom. The highest BCUT2D eigenvalue weighted by Gasteiger charge is 2.13. The van der Waals surface area contributed by atoms with Crippen LogP contribution in [0.1, 0.15) is 34.5 Å². The van der Waals surface area contributed by atoms with Crippen LogP contribution in [0.4, 0.5) is 0 Å². The number of rotatable bonds is 6. The summed E-state index contributed by atoms with van der Waals surface area (Å²) in [5.74, 6) is 0.282. The molecule has 3 rings (SSSR count). The highest BCUT2D eigenvalue weighted by Crippen LogP contribution is 2.26. The van der Waals surface area contributed by atoms with Crippen molar-refractivity contribution in [3.05, 3.63) is 77.6 Å². The average molecular weight is 338 g/mol. The number of aromatic nitrogens is 3. The van der Waals surface area contributed by atoms with Crippen LogP contribution < -0.4 is 5.73 Å². The van der Waals surface area contributed by atoms with Crippen molar-refractivity contribution in [3.8, 4) is 0 Å². The van der Waals surface area contributed by atoms with Gasteiger partial charge in [-0.15, -0.1) is 10.2 Å². The average Bonchev–Trinajstić information content (AvgIpc) is 3.09. The highest BCUT2D eigenvalue weighted by atomic mass is 32.2. The van der Waals surface area contributed by atoms with Crippen LogP contribution in [0.15, 0.2) is 66.1 Å². The first-order valence-corrected chi connectivity index (χ1v) is 8.59. The molecule has 0 fully saturated rings. The zero-order chi connectivity index (χ0) is 16.9. The van der Waals surface area contributed by atoms with Crippen molar-refractivity contribution in [3.63, 3.8) is 0 Å². The smallest absolute Gasteiger partial charge is 0.248 e. The fourth-order valence-electron chi connectivity index (χ4n) is 2.46. The molecule has 5 nitrogen and oxygen atoms in total. The van der Waals surface area contributed by atoms with Gasteiger partial charge in [-0.1, -0.05) is 54.2 Å². The summed E-state index contributed by atoms with van der Waals surface area (Å²) in [7, 11) is 0. The molecule has 0 saturated carbocycles. The van der Waals surface area contributed by atoms with Crippen LogP contribution in [0.3, 0.4) is 0 Å². The van der Waals surface area contributed by atoms with Gasteiger partial charge in [0, 0.05) is 11.3 Å². The van der Waals surface area contributed by atoms with E-state index in [-0.39, 0.29) is 6.04 Å². The van der Waals surface area contributed by atoms with Gasteiger partial charge in [0.25, 0.3) is 0 Å². The number of amides is 1. The molecule has 1 atom stereocenters. The third kappa shape index (κ3) is 3.65. The summed E-state index contributed by atoms with van der Waals surface area (Å²) in [5.41, 5.74) is 8.08. The number of thioether (sulfide) groups is 1. The molecule has 0 aliphatic carbocycles. The molecule has 1 amide bonds. The monoisotopic (exact) mass is 338 g/mol. The Labute approximate surface area is 144 Å². The summed E-state index contributed by atoms with van der Waals surface area (Å²) in [5, 5.41) is 9.11. The topological polar surface area (TPSA) is 73.8 Å². The Kier molecular flexibility index (Phi) is 4.96. The maximum Gasteiger partial charge on any atom is 0.248 e. The van der Waals surface area contributed by atoms with Gasteiger partial charge in [0.15, 0.2) is 5.16 Å². The Hall–Kier alpha value is -2.60. The predicted molar refractivity (Wildman–Crippen MR) is 94.8 cm³/mol. The number of carbonyl (C=O) groups excluding carboxylic acids is 1. The van der Waals surface area contributed by atoms with Crippen molar-refractivity contribution in [2.45, 2.75) is 23.9 Å². The molecule has 2 aromatic carbocycles. The SMILES string of the molecule is C[C@H](c1ccccc1)n1cnnc1SCc1cccc(C(N)=O)c1. The van der Waals surface area contributed by atoms with E-state index in [4.69, 9.17) is 5.73 Å². The maximum absolute atomic E-state index is 11.3. The van der Waals surface area contributed by atoms with Crippen molar-refractivity contribution in [1.82, 2.24) is 14.8 Å². The van der Waals surface area contributed by atoms with E-state index in [0.29, 0.717) is 11.3 Å². The van der Waals surface area contributed by atoms with Crippen LogP contribution in [0.5, 0.6) is 0 Å². The van der Waals surface area contributed by atoms with Gasteiger partial charge < -0.3 is 10.3 Å². The van der Waals surface area contributed by atoms with E-state index in [0.717, 1.165) is 10.7 Å². The summed E-state index contributed by atoms with van der Waals surface area (Å²) < 4.78 is 2.05. The second kappa shape index (κ2) is 7.31. The first-order valence-electron chi connectivity index (χ1n) is 7.61. The third-order valence-electron chi connectivity index (χ3n) is 3.82. The molecule has 0 bridgehead atoms. The van der Waals surface area contributed by atoms with Crippen molar-refractivity contribution in [2.24, 2.45) is 5.73 Å². The van der Waals surface area contributed by atoms with Gasteiger partial charge in [-0.25, -0.2) is 0 Å². The van der Waals surface area contributed by atoms with Gasteiger partial charge in [-0.3, -0.25) is 4.79 Å². The molecule has 0 aliphatic heterocycles. The molecular weight excluding hydrogens is 320 g/mol. The third-order valence-corrected chi connectivity index (χ3v) is 4.85. The second-order valence-electron chi connectivity index (χ2n) is 5.46. The van der Waals surface area contributed by atoms with E-state index in [1.165, 1.54) is 5.56 Å². The summed E-state index contributed by atoms with van der Waals surface area (Å²) in [6.07, 6.45) is 1.75. The standard InChI is InChI=1S/C18H18N4OS/c1-13(15-7-3-2-4-8-15)22-12-20-21-18(22)24-11-14-6-5-9-16(10-14)17(19)23/h2-10,12-13H,11H2,1H3,(H2,19,23)/t13-/m1/s1. The lowest BCUT2D eigenvalue weighted by Gasteiger charge is -2.15. The van der Waals surface area contributed by atoms with Crippen LogP contribution in [0, 0.1) is 0 Å². The summed E-state index contributed by atoms with van der Waals surface area (Å²) in [6, 6.07) is 17.7. The molecule has 1 aromatic heterocycles. The van der Waals surface area contributed by atoms with Gasteiger partial charge in [0.2, 0.25) is 5.91 Å².